The van der Waals surface area contributed by atoms with Crippen LogP contribution in [-0.2, 0) is 209 Å². The second-order valence-corrected chi connectivity index (χ2v) is 47.9. The van der Waals surface area contributed by atoms with Gasteiger partial charge in [-0.1, -0.05) is 194 Å². The molecule has 0 aliphatic rings. The molecule has 3 rings (SSSR count). The van der Waals surface area contributed by atoms with E-state index in [0.29, 0.717) is 31.4 Å². The van der Waals surface area contributed by atoms with E-state index < -0.39 is 4.92 Å². The van der Waals surface area contributed by atoms with E-state index in [1.165, 1.54) is 206 Å². The van der Waals surface area contributed by atoms with Crippen molar-refractivity contribution in [3.05, 3.63) is 91.1 Å². The molecule has 125 heavy (non-hydrogen) atoms. The van der Waals surface area contributed by atoms with Gasteiger partial charge in [-0.05, 0) is 187 Å². The zero-order valence-electron chi connectivity index (χ0n) is 95.0. The van der Waals surface area contributed by atoms with Crippen molar-refractivity contribution in [1.82, 2.24) is 0 Å². The molecule has 0 aromatic heterocycles. The first-order chi connectivity index (χ1) is 68.9. The fourth-order valence-electron chi connectivity index (χ4n) is 8.63. The lowest BCUT2D eigenvalue weighted by Gasteiger charge is -2.24. The second-order valence-electron chi connectivity index (χ2n) is 26.6. The van der Waals surface area contributed by atoms with E-state index >= 15 is 0 Å². The molecule has 0 saturated heterocycles. The number of esters is 3. The van der Waals surface area contributed by atoms with Crippen LogP contribution in [0.15, 0.2) is 54.6 Å². The summed E-state index contributed by atoms with van der Waals surface area (Å²) in [6, 6.07) is 16.6. The highest BCUT2D eigenvalue weighted by molar-refractivity contribution is 8.65. The number of unbranched alkanes of at least 4 members (excludes halogenated alkanes) is 12. The van der Waals surface area contributed by atoms with Gasteiger partial charge >= 0.3 is 29.3 Å². The van der Waals surface area contributed by atoms with Gasteiger partial charge in [0.2, 0.25) is 0 Å². The number of nitrogens with zero attached hydrogens (tertiary/aromatic N) is 5. The standard InChI is InChI=1S/C21H33N2O2.C19H29N2O2.C17H25NO5.3C6H14.3C6H2.3S6.9H2/c1-7-21(2,3)20(24)25-15-11-9-8-10-12-17-16-18(22-4)13-14-19(17)23(5)6;1-7-14(3)17-13-16(20-5)9-10-18(17)21(6)11-12-23-19(22)15(4)8-2;1-5-12(3)15-11-14(18(20)21)7-8-16(15)22-9-10-23-17(19)13(4)6-2;9*1-3-5-6-4-2;;;;;;;;;/h4,13-14,16H,7-12,15H2,1-3,5-6H3;5,9-10,13-15H,7-8,11-12H2,1-4,6H3;7-8,11-13H,5-6,9-10H2,1-4H3;3*3-6H2,1-2H3;3*1-2H;;;;9*1H/q2*+1;;;;;;;;;;;;;;;;;;;/i;;;;;;;;;;;;9*1+1D. The third kappa shape index (κ3) is 91.0. The summed E-state index contributed by atoms with van der Waals surface area (Å²) in [6.45, 7) is 48.0. The van der Waals surface area contributed by atoms with Crippen LogP contribution in [-0.4, -0.2) is 76.9 Å². The molecule has 0 radical (unpaired) electrons. The topological polar surface area (TPSA) is 146 Å². The second kappa shape index (κ2) is 107. The van der Waals surface area contributed by atoms with Gasteiger partial charge in [0, 0.05) is 275 Å². The van der Waals surface area contributed by atoms with Crippen molar-refractivity contribution < 1.29 is 65.0 Å². The summed E-state index contributed by atoms with van der Waals surface area (Å²) in [5.74, 6) is 26.4. The Morgan fingerprint density at radius 1 is 0.472 bits per heavy atom. The molecule has 0 fully saturated rings. The Morgan fingerprint density at radius 3 is 1.16 bits per heavy atom. The van der Waals surface area contributed by atoms with Gasteiger partial charge in [-0.15, -0.1) is 38.5 Å². The van der Waals surface area contributed by atoms with Gasteiger partial charge in [0.05, 0.1) is 35.3 Å². The van der Waals surface area contributed by atoms with Crippen LogP contribution in [0.25, 0.3) is 9.69 Å². The van der Waals surface area contributed by atoms with Crippen LogP contribution >= 0.6 is 0 Å². The SMILES string of the molecule is C#CC#CC#C.C#CC#CC#C.C#CC#CC#C.C#[N+]c1ccc(N(C)C)c(CCCCCCOC(=O)C(C)(C)CC)c1.C#[N+]c1ccc(N(C)CCOC(=O)C(C)CC)c(C(C)CC)c1.CCC(C)C(=O)OCCOc1ccc([N+](=O)[O-])cc1C(C)CC.CCCCCC.CCCCCC.CCCCCC.S=S=S=S=S=S.S=S=S=S=S=S.S=S=S=S=S=S.[2H][2H].[2H][2H].[2H][2H].[2H][2H].[2H][2H].[2H][2H].[2H][2H].[2H][2H].[2H][2H]. The molecule has 3 aromatic carbocycles. The van der Waals surface area contributed by atoms with Crippen LogP contribution in [0.1, 0.15) is 308 Å². The molecule has 0 amide bonds. The van der Waals surface area contributed by atoms with Gasteiger partial charge in [-0.25, -0.2) is 0 Å². The summed E-state index contributed by atoms with van der Waals surface area (Å²) >= 11 is 27.1. The molecule has 4 unspecified atom stereocenters. The largest absolute Gasteiger partial charge is 0.490 e. The Bertz CT molecular complexity index is 4360. The van der Waals surface area contributed by atoms with Crippen LogP contribution < -0.4 is 14.5 Å². The Kier molecular flexibility index (Phi) is 99.7. The number of aryl methyl sites for hydroxylation is 1. The van der Waals surface area contributed by atoms with Crippen LogP contribution in [0, 0.1) is 150 Å². The van der Waals surface area contributed by atoms with E-state index in [2.05, 4.69) is 225 Å². The first-order valence-electron chi connectivity index (χ1n) is 49.8. The lowest BCUT2D eigenvalue weighted by molar-refractivity contribution is -0.385. The van der Waals surface area contributed by atoms with Gasteiger partial charge in [0.15, 0.2) is 0 Å². The van der Waals surface area contributed by atoms with Crippen molar-refractivity contribution in [2.24, 2.45) is 17.3 Å². The predicted octanol–water partition coefficient (Wildman–Crippen LogP) is 25.0. The van der Waals surface area contributed by atoms with Crippen LogP contribution in [0.4, 0.5) is 28.4 Å². The maximum absolute atomic E-state index is 11.9. The number of terminal acetylenes is 6. The predicted molar refractivity (Wildman–Crippen MR) is 608 cm³/mol. The number of anilines is 2. The number of likely N-dealkylation sites (N-methyl/N-ethyl adjacent to an activating group) is 1. The summed E-state index contributed by atoms with van der Waals surface area (Å²) in [5.41, 5.74) is 6.90. The molecule has 710 valence electrons. The Balaban J connectivity index is -0.0000000771. The summed E-state index contributed by atoms with van der Waals surface area (Å²) in [7, 11) is 23.0. The van der Waals surface area contributed by atoms with Crippen molar-refractivity contribution in [3.8, 4) is 128 Å². The maximum Gasteiger partial charge on any atom is 0.340 e. The minimum absolute atomic E-state index is 0.0403. The molecule has 0 aliphatic heterocycles. The number of hydrogen-bond acceptors (Lipinski definition) is 17. The van der Waals surface area contributed by atoms with Crippen LogP contribution in [0.2, 0.25) is 0 Å². The highest BCUT2D eigenvalue weighted by Crippen LogP contribution is 2.34. The van der Waals surface area contributed by atoms with E-state index in [1.807, 2.05) is 108 Å². The van der Waals surface area contributed by atoms with E-state index in [0.717, 1.165) is 86.8 Å². The number of non-ortho nitro benzene ring substituents is 1. The first kappa shape index (κ1) is 117. The molecular formula is C93H153N5O9S18+2. The maximum atomic E-state index is 11.9. The van der Waals surface area contributed by atoms with Gasteiger partial charge < -0.3 is 28.7 Å². The Morgan fingerprint density at radius 2 is 0.832 bits per heavy atom. The third-order valence-electron chi connectivity index (χ3n) is 16.8. The smallest absolute Gasteiger partial charge is 0.340 e. The summed E-state index contributed by atoms with van der Waals surface area (Å²) in [6.07, 6.45) is 54.2. The first-order valence-corrected chi connectivity index (χ1v) is 60.8. The number of hydrogen-bond donors (Lipinski definition) is 0. The molecular weight excluding hydrogens is 1910 g/mol. The van der Waals surface area contributed by atoms with Crippen molar-refractivity contribution in [1.29, 1.82) is 0 Å². The van der Waals surface area contributed by atoms with Crippen LogP contribution in [0.5, 0.6) is 5.75 Å². The zero-order valence-corrected chi connectivity index (χ0v) is 91.7. The number of carbonyl (C=O) groups is 3. The molecule has 14 nitrogen and oxygen atoms in total. The van der Waals surface area contributed by atoms with E-state index in [1.54, 1.807) is 12.1 Å². The fraction of sp³-hybridized carbons (Fsp3) is 0.559. The number of nitro groups is 1. The normalized spacial score (nSPS) is 10.2. The van der Waals surface area contributed by atoms with E-state index in [9.17, 15) is 24.5 Å². The highest BCUT2D eigenvalue weighted by atomic mass is 33.4. The van der Waals surface area contributed by atoms with E-state index in [4.69, 9.17) is 97.4 Å². The fourth-order valence-corrected chi connectivity index (χ4v) is 25.1. The number of nitro benzene ring substituents is 1. The van der Waals surface area contributed by atoms with Crippen molar-refractivity contribution >= 4 is 220 Å². The van der Waals surface area contributed by atoms with Crippen molar-refractivity contribution in [2.75, 3.05) is 63.9 Å². The number of rotatable bonds is 36. The summed E-state index contributed by atoms with van der Waals surface area (Å²) in [5, 5.41) is 10.9. The minimum Gasteiger partial charge on any atom is -0.490 e. The highest BCUT2D eigenvalue weighted by Gasteiger charge is 2.27. The molecule has 0 bridgehead atoms. The number of carbonyl (C=O) groups excluding carboxylic acids is 3. The number of benzene rings is 3. The lowest BCUT2D eigenvalue weighted by Crippen LogP contribution is -2.26. The molecule has 4 atom stereocenters. The number of ether oxygens (including phenoxy) is 4. The average molecular weight is 2080 g/mol. The Hall–Kier alpha value is -6.15. The van der Waals surface area contributed by atoms with Gasteiger partial charge in [-0.2, -0.15) is 0 Å². The molecule has 0 heterocycles. The molecule has 32 heteroatoms. The third-order valence-corrected chi connectivity index (χ3v) is 36.8. The van der Waals surface area contributed by atoms with Crippen molar-refractivity contribution in [2.45, 2.75) is 271 Å². The lowest BCUT2D eigenvalue weighted by atomic mass is 9.91. The Labute approximate surface area is 848 Å². The quantitative estimate of drug-likeness (QED) is 0.0136. The minimum atomic E-state index is -0.413. The van der Waals surface area contributed by atoms with Crippen molar-refractivity contribution in [3.63, 3.8) is 0 Å². The van der Waals surface area contributed by atoms with Crippen LogP contribution in [0.3, 0.4) is 0 Å². The van der Waals surface area contributed by atoms with Gasteiger partial charge in [0.25, 0.3) is 18.8 Å². The molecule has 0 N–H and O–H groups in total. The van der Waals surface area contributed by atoms with Gasteiger partial charge in [0.1, 0.15) is 25.6 Å². The zero-order chi connectivity index (χ0) is 115. The monoisotopic (exact) mass is 2080 g/mol. The van der Waals surface area contributed by atoms with Gasteiger partial charge in [-0.3, -0.25) is 24.5 Å². The summed E-state index contributed by atoms with van der Waals surface area (Å²) in [4.78, 5) is 57.5. The molecule has 0 saturated carbocycles. The average Bonchev–Trinajstić information content (AvgIpc) is 0.835. The molecule has 0 spiro atoms. The molecule has 3 aromatic rings. The van der Waals surface area contributed by atoms with E-state index in [-0.39, 0.29) is 60.0 Å². The molecule has 0 aliphatic carbocycles. The summed E-state index contributed by atoms with van der Waals surface area (Å²) < 4.78 is 112.